The van der Waals surface area contributed by atoms with E-state index in [1.54, 1.807) is 48.5 Å². The van der Waals surface area contributed by atoms with Crippen LogP contribution >= 0.6 is 0 Å². The molecule has 34 heavy (non-hydrogen) atoms. The van der Waals surface area contributed by atoms with Crippen molar-refractivity contribution in [1.29, 1.82) is 0 Å². The zero-order valence-electron chi connectivity index (χ0n) is 19.1. The molecule has 1 aliphatic rings. The maximum atomic E-state index is 13.3. The van der Waals surface area contributed by atoms with Crippen molar-refractivity contribution in [1.82, 2.24) is 14.6 Å². The molecule has 0 unspecified atom stereocenters. The highest BCUT2D eigenvalue weighted by molar-refractivity contribution is 7.92. The molecule has 0 saturated carbocycles. The largest absolute Gasteiger partial charge is 0.301 e. The van der Waals surface area contributed by atoms with E-state index in [4.69, 9.17) is 5.84 Å². The average molecular weight is 510 g/mol. The van der Waals surface area contributed by atoms with Crippen LogP contribution in [0.2, 0.25) is 0 Å². The van der Waals surface area contributed by atoms with Crippen LogP contribution in [0, 0.1) is 0 Å². The number of nitrogens with zero attached hydrogens (tertiary/aromatic N) is 3. The van der Waals surface area contributed by atoms with Crippen molar-refractivity contribution < 1.29 is 21.6 Å². The summed E-state index contributed by atoms with van der Waals surface area (Å²) in [4.78, 5) is 13.8. The molecule has 0 spiro atoms. The lowest BCUT2D eigenvalue weighted by Gasteiger charge is -2.33. The minimum atomic E-state index is -3.64. The first kappa shape index (κ1) is 26.1. The van der Waals surface area contributed by atoms with E-state index >= 15 is 0 Å². The number of amides is 1. The smallest absolute Gasteiger partial charge is 0.265 e. The van der Waals surface area contributed by atoms with E-state index in [1.165, 1.54) is 14.9 Å². The zero-order chi connectivity index (χ0) is 24.8. The maximum absolute atomic E-state index is 13.3. The quantitative estimate of drug-likeness (QED) is 0.272. The predicted octanol–water partition coefficient (Wildman–Crippen LogP) is 0.594. The first-order valence-corrected chi connectivity index (χ1v) is 14.4. The Morgan fingerprint density at radius 2 is 1.59 bits per heavy atom. The van der Waals surface area contributed by atoms with E-state index in [0.717, 1.165) is 5.56 Å². The van der Waals surface area contributed by atoms with Gasteiger partial charge in [0, 0.05) is 31.7 Å². The summed E-state index contributed by atoms with van der Waals surface area (Å²) in [5.41, 5.74) is 3.75. The van der Waals surface area contributed by atoms with Gasteiger partial charge in [-0.2, -0.15) is 4.31 Å². The summed E-state index contributed by atoms with van der Waals surface area (Å²) in [7, 11) is -6.84. The van der Waals surface area contributed by atoms with E-state index in [0.29, 0.717) is 50.4 Å². The maximum Gasteiger partial charge on any atom is 0.265 e. The van der Waals surface area contributed by atoms with Crippen LogP contribution in [0.25, 0.3) is 0 Å². The lowest BCUT2D eigenvalue weighted by Crippen LogP contribution is -2.48. The molecule has 0 radical (unpaired) electrons. The number of hydrogen-bond acceptors (Lipinski definition) is 7. The molecule has 0 aliphatic carbocycles. The highest BCUT2D eigenvalue weighted by Gasteiger charge is 2.25. The number of carbonyl (C=O) groups is 1. The summed E-state index contributed by atoms with van der Waals surface area (Å²) in [6, 6.07) is 15.5. The number of anilines is 1. The molecule has 10 nitrogen and oxygen atoms in total. The third-order valence-electron chi connectivity index (χ3n) is 5.73. The molecule has 12 heteroatoms. The molecule has 2 aromatic carbocycles. The van der Waals surface area contributed by atoms with Gasteiger partial charge >= 0.3 is 0 Å². The Bertz CT molecular complexity index is 1160. The number of nitrogens with one attached hydrogen (secondary N) is 1. The number of para-hydroxylation sites is 1. The molecule has 3 rings (SSSR count). The molecular formula is C22H31N5O5S2. The second-order valence-corrected chi connectivity index (χ2v) is 12.2. The first-order chi connectivity index (χ1) is 16.1. The van der Waals surface area contributed by atoms with Crippen LogP contribution in [-0.2, 0) is 26.6 Å². The minimum absolute atomic E-state index is 0.0398. The van der Waals surface area contributed by atoms with E-state index in [9.17, 15) is 21.6 Å². The highest BCUT2D eigenvalue weighted by Crippen LogP contribution is 2.22. The number of rotatable bonds is 10. The van der Waals surface area contributed by atoms with E-state index < -0.39 is 26.0 Å². The molecule has 3 N–H and O–H groups in total. The standard InChI is InChI=1S/C22H31N5O5S2/c1-33(29,30)26-15-13-25(14-16-26)12-5-17-34(31,32)27(21-6-3-2-4-7-21)18-19-8-10-20(11-9-19)22(28)24-23/h2-4,6-11H,5,12-18,23H2,1H3,(H,24,28). The van der Waals surface area contributed by atoms with Gasteiger partial charge in [-0.1, -0.05) is 30.3 Å². The average Bonchev–Trinajstić information content (AvgIpc) is 2.82. The zero-order valence-corrected chi connectivity index (χ0v) is 20.8. The van der Waals surface area contributed by atoms with Crippen LogP contribution in [0.3, 0.4) is 0 Å². The van der Waals surface area contributed by atoms with Gasteiger partial charge in [0.25, 0.3) is 5.91 Å². The molecule has 1 fully saturated rings. The number of carbonyl (C=O) groups excluding carboxylic acids is 1. The predicted molar refractivity (Wildman–Crippen MR) is 132 cm³/mol. The number of hydrogen-bond donors (Lipinski definition) is 2. The molecule has 1 heterocycles. The second kappa shape index (κ2) is 11.3. The van der Waals surface area contributed by atoms with E-state index in [2.05, 4.69) is 10.3 Å². The lowest BCUT2D eigenvalue weighted by atomic mass is 10.1. The van der Waals surface area contributed by atoms with Gasteiger partial charge < -0.3 is 4.90 Å². The van der Waals surface area contributed by atoms with Crippen LogP contribution in [0.15, 0.2) is 54.6 Å². The van der Waals surface area contributed by atoms with E-state index in [1.807, 2.05) is 6.07 Å². The summed E-state index contributed by atoms with van der Waals surface area (Å²) in [6.45, 7) is 2.70. The van der Waals surface area contributed by atoms with Gasteiger partial charge in [-0.25, -0.2) is 22.7 Å². The van der Waals surface area contributed by atoms with Gasteiger partial charge in [0.15, 0.2) is 0 Å². The van der Waals surface area contributed by atoms with Gasteiger partial charge in [-0.15, -0.1) is 0 Å². The van der Waals surface area contributed by atoms with Crippen molar-refractivity contribution in [2.45, 2.75) is 13.0 Å². The van der Waals surface area contributed by atoms with Gasteiger partial charge in [-0.3, -0.25) is 14.5 Å². The first-order valence-electron chi connectivity index (χ1n) is 10.9. The van der Waals surface area contributed by atoms with Gasteiger partial charge in [0.1, 0.15) is 0 Å². The summed E-state index contributed by atoms with van der Waals surface area (Å²) >= 11 is 0. The Kier molecular flexibility index (Phi) is 8.66. The highest BCUT2D eigenvalue weighted by atomic mass is 32.2. The fraction of sp³-hybridized carbons (Fsp3) is 0.409. The fourth-order valence-corrected chi connectivity index (χ4v) is 6.15. The van der Waals surface area contributed by atoms with Crippen molar-refractivity contribution in [2.75, 3.05) is 49.0 Å². The minimum Gasteiger partial charge on any atom is -0.301 e. The Labute approximate surface area is 201 Å². The van der Waals surface area contributed by atoms with E-state index in [-0.39, 0.29) is 12.3 Å². The molecule has 1 saturated heterocycles. The van der Waals surface area contributed by atoms with Crippen LogP contribution < -0.4 is 15.6 Å². The van der Waals surface area contributed by atoms with Crippen LogP contribution in [-0.4, -0.2) is 76.7 Å². The number of benzene rings is 2. The third kappa shape index (κ3) is 7.00. The van der Waals surface area contributed by atoms with Crippen molar-refractivity contribution >= 4 is 31.6 Å². The van der Waals surface area contributed by atoms with Gasteiger partial charge in [0.2, 0.25) is 20.0 Å². The van der Waals surface area contributed by atoms with Crippen molar-refractivity contribution in [2.24, 2.45) is 5.84 Å². The number of piperazine rings is 1. The molecule has 1 amide bonds. The third-order valence-corrected chi connectivity index (χ3v) is 8.85. The Balaban J connectivity index is 1.65. The monoisotopic (exact) mass is 509 g/mol. The van der Waals surface area contributed by atoms with Gasteiger partial charge in [0.05, 0.1) is 24.2 Å². The number of hydrazine groups is 1. The summed E-state index contributed by atoms with van der Waals surface area (Å²) in [5.74, 6) is 4.70. The molecule has 0 aromatic heterocycles. The molecule has 1 aliphatic heterocycles. The van der Waals surface area contributed by atoms with Crippen LogP contribution in [0.1, 0.15) is 22.3 Å². The Morgan fingerprint density at radius 3 is 2.15 bits per heavy atom. The summed E-state index contributed by atoms with van der Waals surface area (Å²) in [6.07, 6.45) is 1.63. The lowest BCUT2D eigenvalue weighted by molar-refractivity contribution is 0.0953. The van der Waals surface area contributed by atoms with Crippen molar-refractivity contribution in [3.63, 3.8) is 0 Å². The molecule has 2 aromatic rings. The van der Waals surface area contributed by atoms with Crippen molar-refractivity contribution in [3.05, 3.63) is 65.7 Å². The summed E-state index contributed by atoms with van der Waals surface area (Å²) < 4.78 is 52.8. The van der Waals surface area contributed by atoms with Crippen molar-refractivity contribution in [3.8, 4) is 0 Å². The van der Waals surface area contributed by atoms with Gasteiger partial charge in [-0.05, 0) is 42.8 Å². The Hall–Kier alpha value is -2.51. The topological polar surface area (TPSA) is 133 Å². The SMILES string of the molecule is CS(=O)(=O)N1CCN(CCCS(=O)(=O)N(Cc2ccc(C(=O)NN)cc2)c2ccccc2)CC1. The van der Waals surface area contributed by atoms with Crippen LogP contribution in [0.4, 0.5) is 5.69 Å². The molecule has 0 atom stereocenters. The second-order valence-electron chi connectivity index (χ2n) is 8.19. The number of nitrogens with two attached hydrogens (primary N) is 1. The summed E-state index contributed by atoms with van der Waals surface area (Å²) in [5, 5.41) is 0. The molecule has 0 bridgehead atoms. The number of nitrogen functional groups attached to an aromatic ring is 1. The molecule has 186 valence electrons. The Morgan fingerprint density at radius 1 is 0.971 bits per heavy atom. The fourth-order valence-electron chi connectivity index (χ4n) is 3.82. The number of sulfonamides is 2. The molecular weight excluding hydrogens is 478 g/mol. The van der Waals surface area contributed by atoms with Crippen LogP contribution in [0.5, 0.6) is 0 Å². The normalized spacial score (nSPS) is 15.7.